The summed E-state index contributed by atoms with van der Waals surface area (Å²) in [4.78, 5) is 18.0. The van der Waals surface area contributed by atoms with E-state index in [0.29, 0.717) is 5.56 Å². The lowest BCUT2D eigenvalue weighted by Gasteiger charge is -2.27. The highest BCUT2D eigenvalue weighted by Gasteiger charge is 2.35. The first-order valence-electron chi connectivity index (χ1n) is 11.3. The molecule has 3 rings (SSSR count). The number of alkyl halides is 4. The summed E-state index contributed by atoms with van der Waals surface area (Å²) in [7, 11) is 0. The van der Waals surface area contributed by atoms with Crippen molar-refractivity contribution in [1.82, 2.24) is 15.0 Å². The summed E-state index contributed by atoms with van der Waals surface area (Å²) in [5.74, 6) is -0.487. The van der Waals surface area contributed by atoms with Crippen LogP contribution in [-0.4, -0.2) is 58.3 Å². The molecule has 0 fully saturated rings. The molecule has 0 radical (unpaired) electrons. The third kappa shape index (κ3) is 7.66. The number of halogens is 4. The van der Waals surface area contributed by atoms with Gasteiger partial charge in [0, 0.05) is 24.2 Å². The predicted molar refractivity (Wildman–Crippen MR) is 125 cm³/mol. The van der Waals surface area contributed by atoms with Crippen LogP contribution >= 0.6 is 0 Å². The van der Waals surface area contributed by atoms with E-state index in [2.05, 4.69) is 10.1 Å². The summed E-state index contributed by atoms with van der Waals surface area (Å²) >= 11 is 0. The monoisotopic (exact) mass is 525 g/mol. The number of aliphatic hydroxyl groups excluding tert-OH is 1. The van der Waals surface area contributed by atoms with Crippen LogP contribution in [0.25, 0.3) is 22.8 Å². The number of carbonyl (C=O) groups is 1. The summed E-state index contributed by atoms with van der Waals surface area (Å²) in [6.45, 7) is 3.84. The number of amides is 1. The minimum absolute atomic E-state index is 0.0206. The number of rotatable bonds is 9. The number of aliphatic hydroxyl groups is 1. The highest BCUT2D eigenvalue weighted by atomic mass is 19.4. The van der Waals surface area contributed by atoms with Gasteiger partial charge in [-0.25, -0.2) is 9.18 Å². The highest BCUT2D eigenvalue weighted by molar-refractivity contribution is 5.68. The molecular formula is C25H27F4N3O5. The van der Waals surface area contributed by atoms with Gasteiger partial charge in [-0.05, 0) is 44.5 Å². The third-order valence-corrected chi connectivity index (χ3v) is 4.90. The van der Waals surface area contributed by atoms with E-state index in [1.54, 1.807) is 45.0 Å². The number of aromatic nitrogens is 2. The normalized spacial score (nSPS) is 11.9. The number of carbonyl (C=O) groups excluding carboxylic acids is 1. The third-order valence-electron chi connectivity index (χ3n) is 4.90. The van der Waals surface area contributed by atoms with Crippen molar-refractivity contribution in [1.29, 1.82) is 0 Å². The Morgan fingerprint density at radius 3 is 2.35 bits per heavy atom. The Balaban J connectivity index is 1.78. The van der Waals surface area contributed by atoms with Gasteiger partial charge in [-0.1, -0.05) is 29.4 Å². The van der Waals surface area contributed by atoms with Gasteiger partial charge in [-0.2, -0.15) is 18.2 Å². The molecule has 0 atom stereocenters. The Hall–Kier alpha value is -3.67. The molecule has 0 saturated heterocycles. The van der Waals surface area contributed by atoms with E-state index in [9.17, 15) is 27.5 Å². The fourth-order valence-corrected chi connectivity index (χ4v) is 3.28. The Labute approximate surface area is 210 Å². The van der Waals surface area contributed by atoms with Crippen LogP contribution in [0.4, 0.5) is 22.4 Å². The second kappa shape index (κ2) is 11.6. The second-order valence-corrected chi connectivity index (χ2v) is 8.99. The van der Waals surface area contributed by atoms with Crippen molar-refractivity contribution in [2.75, 3.05) is 26.4 Å². The topological polar surface area (TPSA) is 97.9 Å². The summed E-state index contributed by atoms with van der Waals surface area (Å²) < 4.78 is 68.1. The number of hydrogen-bond acceptors (Lipinski definition) is 7. The number of nitrogens with zero attached hydrogens (tertiary/aromatic N) is 3. The summed E-state index contributed by atoms with van der Waals surface area (Å²) in [5.41, 5.74) is -0.477. The molecule has 1 heterocycles. The minimum atomic E-state index is -4.73. The van der Waals surface area contributed by atoms with Crippen molar-refractivity contribution in [3.8, 4) is 28.6 Å². The quantitative estimate of drug-likeness (QED) is 0.369. The van der Waals surface area contributed by atoms with Crippen LogP contribution in [0.2, 0.25) is 0 Å². The number of benzene rings is 2. The van der Waals surface area contributed by atoms with Gasteiger partial charge in [-0.15, -0.1) is 0 Å². The molecule has 37 heavy (non-hydrogen) atoms. The zero-order valence-electron chi connectivity index (χ0n) is 20.5. The maximum Gasteiger partial charge on any atom is 0.419 e. The molecule has 0 aliphatic heterocycles. The van der Waals surface area contributed by atoms with Crippen LogP contribution in [0.15, 0.2) is 47.0 Å². The molecule has 0 saturated carbocycles. The molecular weight excluding hydrogens is 498 g/mol. The molecule has 200 valence electrons. The average Bonchev–Trinajstić information content (AvgIpc) is 3.31. The fraction of sp³-hybridized carbons (Fsp3) is 0.400. The lowest BCUT2D eigenvalue weighted by Crippen LogP contribution is -2.38. The summed E-state index contributed by atoms with van der Waals surface area (Å²) in [6, 6.07) is 9.99. The van der Waals surface area contributed by atoms with E-state index < -0.39 is 42.5 Å². The Bertz CT molecular complexity index is 1190. The Kier molecular flexibility index (Phi) is 8.74. The van der Waals surface area contributed by atoms with Gasteiger partial charge in [-0.3, -0.25) is 0 Å². The molecule has 1 aromatic heterocycles. The SMILES string of the molecule is CC(C)(C)OC(=O)N(CCO)Cc1ccc(-c2noc(-c3ccc(OCCF)c(C(F)(F)F)c3)n2)cc1. The highest BCUT2D eigenvalue weighted by Crippen LogP contribution is 2.38. The molecule has 1 N–H and O–H groups in total. The van der Waals surface area contributed by atoms with Gasteiger partial charge >= 0.3 is 12.3 Å². The van der Waals surface area contributed by atoms with E-state index in [4.69, 9.17) is 14.0 Å². The van der Waals surface area contributed by atoms with Crippen LogP contribution in [-0.2, 0) is 17.5 Å². The Morgan fingerprint density at radius 2 is 1.76 bits per heavy atom. The van der Waals surface area contributed by atoms with E-state index in [1.165, 1.54) is 11.0 Å². The van der Waals surface area contributed by atoms with E-state index in [1.807, 2.05) is 0 Å². The van der Waals surface area contributed by atoms with Gasteiger partial charge in [0.1, 0.15) is 24.6 Å². The van der Waals surface area contributed by atoms with Gasteiger partial charge in [0.2, 0.25) is 5.82 Å². The molecule has 0 aliphatic carbocycles. The molecule has 0 bridgehead atoms. The van der Waals surface area contributed by atoms with Crippen molar-refractivity contribution in [3.63, 3.8) is 0 Å². The maximum atomic E-state index is 13.5. The molecule has 12 heteroatoms. The number of hydrogen-bond donors (Lipinski definition) is 1. The average molecular weight is 525 g/mol. The predicted octanol–water partition coefficient (Wildman–Crippen LogP) is 5.50. The second-order valence-electron chi connectivity index (χ2n) is 8.99. The Morgan fingerprint density at radius 1 is 1.08 bits per heavy atom. The lowest BCUT2D eigenvalue weighted by molar-refractivity contribution is -0.138. The van der Waals surface area contributed by atoms with Crippen molar-refractivity contribution in [2.45, 2.75) is 39.1 Å². The largest absolute Gasteiger partial charge is 0.490 e. The lowest BCUT2D eigenvalue weighted by atomic mass is 10.1. The van der Waals surface area contributed by atoms with E-state index >= 15 is 0 Å². The van der Waals surface area contributed by atoms with E-state index in [0.717, 1.165) is 17.7 Å². The van der Waals surface area contributed by atoms with Crippen LogP contribution in [0.3, 0.4) is 0 Å². The standard InChI is InChI=1S/C25H27F4N3O5/c1-24(2,3)36-23(34)32(11-12-33)15-16-4-6-17(7-5-16)21-30-22(37-31-21)18-8-9-20(35-13-10-26)19(14-18)25(27,28)29/h4-9,14,33H,10-13,15H2,1-3H3. The molecule has 8 nitrogen and oxygen atoms in total. The molecule has 0 spiro atoms. The zero-order valence-corrected chi connectivity index (χ0v) is 20.5. The first-order valence-corrected chi connectivity index (χ1v) is 11.3. The smallest absolute Gasteiger partial charge is 0.419 e. The molecule has 3 aromatic rings. The van der Waals surface area contributed by atoms with Gasteiger partial charge in [0.15, 0.2) is 0 Å². The maximum absolute atomic E-state index is 13.5. The minimum Gasteiger partial charge on any atom is -0.490 e. The fourth-order valence-electron chi connectivity index (χ4n) is 3.28. The van der Waals surface area contributed by atoms with Crippen LogP contribution < -0.4 is 4.74 Å². The first kappa shape index (κ1) is 27.9. The van der Waals surface area contributed by atoms with Crippen LogP contribution in [0.5, 0.6) is 5.75 Å². The summed E-state index contributed by atoms with van der Waals surface area (Å²) in [6.07, 6.45) is -5.29. The van der Waals surface area contributed by atoms with Crippen molar-refractivity contribution < 1.29 is 41.5 Å². The molecule has 0 aliphatic rings. The van der Waals surface area contributed by atoms with Gasteiger partial charge < -0.3 is 24.0 Å². The molecule has 2 aromatic carbocycles. The van der Waals surface area contributed by atoms with E-state index in [-0.39, 0.29) is 37.0 Å². The van der Waals surface area contributed by atoms with Crippen molar-refractivity contribution in [2.24, 2.45) is 0 Å². The van der Waals surface area contributed by atoms with Gasteiger partial charge in [0.25, 0.3) is 5.89 Å². The number of ether oxygens (including phenoxy) is 2. The van der Waals surface area contributed by atoms with Crippen molar-refractivity contribution >= 4 is 6.09 Å². The molecule has 0 unspecified atom stereocenters. The van der Waals surface area contributed by atoms with Crippen molar-refractivity contribution in [3.05, 3.63) is 53.6 Å². The van der Waals surface area contributed by atoms with Gasteiger partial charge in [0.05, 0.1) is 12.2 Å². The first-order chi connectivity index (χ1) is 17.4. The molecule has 1 amide bonds. The zero-order chi connectivity index (χ0) is 27.2. The van der Waals surface area contributed by atoms with Crippen LogP contribution in [0.1, 0.15) is 31.9 Å². The summed E-state index contributed by atoms with van der Waals surface area (Å²) in [5, 5.41) is 13.2. The van der Waals surface area contributed by atoms with Crippen LogP contribution in [0, 0.1) is 0 Å².